The van der Waals surface area contributed by atoms with Gasteiger partial charge in [-0.1, -0.05) is 44.2 Å². The van der Waals surface area contributed by atoms with Crippen molar-refractivity contribution in [2.75, 3.05) is 11.9 Å². The molecule has 0 radical (unpaired) electrons. The van der Waals surface area contributed by atoms with E-state index in [1.165, 1.54) is 24.3 Å². The van der Waals surface area contributed by atoms with Crippen LogP contribution < -0.4 is 15.4 Å². The molecule has 5 nitrogen and oxygen atoms in total. The fourth-order valence-electron chi connectivity index (χ4n) is 2.55. The van der Waals surface area contributed by atoms with Gasteiger partial charge in [0.05, 0.1) is 0 Å². The van der Waals surface area contributed by atoms with E-state index < -0.39 is 24.7 Å². The highest BCUT2D eigenvalue weighted by Gasteiger charge is 2.28. The molecule has 0 aliphatic carbocycles. The number of rotatable bonds is 8. The monoisotopic (exact) mass is 408 g/mol. The van der Waals surface area contributed by atoms with E-state index in [2.05, 4.69) is 15.4 Å². The van der Waals surface area contributed by atoms with Crippen molar-refractivity contribution in [3.8, 4) is 5.75 Å². The third-order valence-electron chi connectivity index (χ3n) is 3.82. The molecule has 156 valence electrons. The van der Waals surface area contributed by atoms with E-state index in [9.17, 15) is 22.8 Å². The lowest BCUT2D eigenvalue weighted by Gasteiger charge is -2.19. The number of hydrogen-bond acceptors (Lipinski definition) is 3. The highest BCUT2D eigenvalue weighted by molar-refractivity contribution is 5.97. The number of halogens is 3. The van der Waals surface area contributed by atoms with Crippen molar-refractivity contribution in [2.24, 2.45) is 5.92 Å². The van der Waals surface area contributed by atoms with E-state index in [1.54, 1.807) is 30.3 Å². The molecule has 0 aliphatic heterocycles. The molecule has 1 unspecified atom stereocenters. The van der Waals surface area contributed by atoms with Crippen molar-refractivity contribution in [1.29, 1.82) is 0 Å². The van der Waals surface area contributed by atoms with Crippen LogP contribution >= 0.6 is 0 Å². The molecule has 1 atom stereocenters. The Bertz CT molecular complexity index is 806. The summed E-state index contributed by atoms with van der Waals surface area (Å²) < 4.78 is 41.3. The van der Waals surface area contributed by atoms with E-state index in [0.29, 0.717) is 11.3 Å². The van der Waals surface area contributed by atoms with Gasteiger partial charge >= 0.3 is 6.18 Å². The van der Waals surface area contributed by atoms with Gasteiger partial charge in [0.1, 0.15) is 11.8 Å². The Kier molecular flexibility index (Phi) is 7.64. The molecule has 0 aliphatic rings. The Morgan fingerprint density at radius 2 is 1.62 bits per heavy atom. The van der Waals surface area contributed by atoms with Gasteiger partial charge in [-0.05, 0) is 35.7 Å². The first kappa shape index (κ1) is 22.3. The SMILES string of the molecule is CC(C)CC(=O)NC(C(=O)Nc1ccc(OCC(F)(F)F)cc1)c1ccccc1. The van der Waals surface area contributed by atoms with Crippen LogP contribution in [0.15, 0.2) is 54.6 Å². The summed E-state index contributed by atoms with van der Waals surface area (Å²) in [6, 6.07) is 13.4. The molecule has 29 heavy (non-hydrogen) atoms. The first-order chi connectivity index (χ1) is 13.6. The van der Waals surface area contributed by atoms with Crippen molar-refractivity contribution in [3.05, 3.63) is 60.2 Å². The molecule has 2 rings (SSSR count). The van der Waals surface area contributed by atoms with Gasteiger partial charge in [0, 0.05) is 12.1 Å². The van der Waals surface area contributed by atoms with Crippen LogP contribution in [-0.4, -0.2) is 24.6 Å². The van der Waals surface area contributed by atoms with Crippen LogP contribution in [0.4, 0.5) is 18.9 Å². The minimum Gasteiger partial charge on any atom is -0.484 e. The van der Waals surface area contributed by atoms with Gasteiger partial charge in [0.2, 0.25) is 5.91 Å². The second-order valence-electron chi connectivity index (χ2n) is 6.93. The van der Waals surface area contributed by atoms with Gasteiger partial charge in [0.25, 0.3) is 5.91 Å². The van der Waals surface area contributed by atoms with Crippen molar-refractivity contribution in [2.45, 2.75) is 32.5 Å². The summed E-state index contributed by atoms with van der Waals surface area (Å²) in [5, 5.41) is 5.40. The summed E-state index contributed by atoms with van der Waals surface area (Å²) >= 11 is 0. The third-order valence-corrected chi connectivity index (χ3v) is 3.82. The molecule has 0 saturated carbocycles. The zero-order valence-electron chi connectivity index (χ0n) is 16.1. The predicted molar refractivity (Wildman–Crippen MR) is 103 cm³/mol. The van der Waals surface area contributed by atoms with Gasteiger partial charge in [-0.15, -0.1) is 0 Å². The first-order valence-electron chi connectivity index (χ1n) is 9.09. The molecule has 2 amide bonds. The third kappa shape index (κ3) is 7.85. The van der Waals surface area contributed by atoms with E-state index in [0.717, 1.165) is 0 Å². The topological polar surface area (TPSA) is 67.4 Å². The van der Waals surface area contributed by atoms with E-state index in [-0.39, 0.29) is 24.0 Å². The van der Waals surface area contributed by atoms with Gasteiger partial charge in [-0.2, -0.15) is 13.2 Å². The first-order valence-corrected chi connectivity index (χ1v) is 9.09. The smallest absolute Gasteiger partial charge is 0.422 e. The molecule has 0 fully saturated rings. The molecular weight excluding hydrogens is 385 g/mol. The number of carbonyl (C=O) groups excluding carboxylic acids is 2. The number of hydrogen-bond donors (Lipinski definition) is 2. The van der Waals surface area contributed by atoms with Crippen LogP contribution in [-0.2, 0) is 9.59 Å². The Morgan fingerprint density at radius 3 is 2.17 bits per heavy atom. The lowest BCUT2D eigenvalue weighted by molar-refractivity contribution is -0.153. The minimum absolute atomic E-state index is 0.0326. The van der Waals surface area contributed by atoms with Crippen molar-refractivity contribution in [3.63, 3.8) is 0 Å². The number of benzene rings is 2. The Morgan fingerprint density at radius 1 is 1.00 bits per heavy atom. The molecule has 2 aromatic rings. The van der Waals surface area contributed by atoms with Crippen molar-refractivity contribution in [1.82, 2.24) is 5.32 Å². The van der Waals surface area contributed by atoms with E-state index >= 15 is 0 Å². The zero-order valence-corrected chi connectivity index (χ0v) is 16.1. The molecule has 0 heterocycles. The summed E-state index contributed by atoms with van der Waals surface area (Å²) in [4.78, 5) is 25.0. The predicted octanol–water partition coefficient (Wildman–Crippen LogP) is 4.47. The molecule has 0 spiro atoms. The van der Waals surface area contributed by atoms with Crippen LogP contribution in [0.3, 0.4) is 0 Å². The maximum absolute atomic E-state index is 12.8. The molecule has 2 aromatic carbocycles. The maximum Gasteiger partial charge on any atom is 0.422 e. The molecule has 0 saturated heterocycles. The summed E-state index contributed by atoms with van der Waals surface area (Å²) in [5.41, 5.74) is 0.987. The van der Waals surface area contributed by atoms with Crippen LogP contribution in [0.1, 0.15) is 31.9 Å². The highest BCUT2D eigenvalue weighted by Crippen LogP contribution is 2.22. The van der Waals surface area contributed by atoms with Crippen LogP contribution in [0, 0.1) is 5.92 Å². The van der Waals surface area contributed by atoms with E-state index in [1.807, 2.05) is 13.8 Å². The summed E-state index contributed by atoms with van der Waals surface area (Å²) in [5.74, 6) is -0.541. The van der Waals surface area contributed by atoms with Crippen LogP contribution in [0.25, 0.3) is 0 Å². The Hall–Kier alpha value is -3.03. The second kappa shape index (κ2) is 9.95. The summed E-state index contributed by atoms with van der Waals surface area (Å²) in [6.45, 7) is 2.41. The summed E-state index contributed by atoms with van der Waals surface area (Å²) in [6.07, 6.45) is -4.15. The second-order valence-corrected chi connectivity index (χ2v) is 6.93. The lowest BCUT2D eigenvalue weighted by Crippen LogP contribution is -2.37. The average Bonchev–Trinajstić information content (AvgIpc) is 2.65. The number of alkyl halides is 3. The Balaban J connectivity index is 2.08. The fraction of sp³-hybridized carbons (Fsp3) is 0.333. The number of carbonyl (C=O) groups is 2. The normalized spacial score (nSPS) is 12.3. The van der Waals surface area contributed by atoms with Crippen molar-refractivity contribution < 1.29 is 27.5 Å². The molecule has 8 heteroatoms. The summed E-state index contributed by atoms with van der Waals surface area (Å²) in [7, 11) is 0. The quantitative estimate of drug-likeness (QED) is 0.677. The van der Waals surface area contributed by atoms with Gasteiger partial charge in [-0.25, -0.2) is 0 Å². The molecule has 0 bridgehead atoms. The van der Waals surface area contributed by atoms with Crippen LogP contribution in [0.5, 0.6) is 5.75 Å². The van der Waals surface area contributed by atoms with Gasteiger partial charge in [0.15, 0.2) is 6.61 Å². The Labute approximate surface area is 167 Å². The minimum atomic E-state index is -4.43. The largest absolute Gasteiger partial charge is 0.484 e. The van der Waals surface area contributed by atoms with Crippen molar-refractivity contribution >= 4 is 17.5 Å². The fourth-order valence-corrected chi connectivity index (χ4v) is 2.55. The average molecular weight is 408 g/mol. The van der Waals surface area contributed by atoms with Gasteiger partial charge in [-0.3, -0.25) is 9.59 Å². The number of amides is 2. The number of ether oxygens (including phenoxy) is 1. The molecule has 2 N–H and O–H groups in total. The molecule has 0 aromatic heterocycles. The zero-order chi connectivity index (χ0) is 21.4. The van der Waals surface area contributed by atoms with E-state index in [4.69, 9.17) is 0 Å². The van der Waals surface area contributed by atoms with Crippen LogP contribution in [0.2, 0.25) is 0 Å². The maximum atomic E-state index is 12.8. The number of anilines is 1. The number of nitrogens with one attached hydrogen (secondary N) is 2. The van der Waals surface area contributed by atoms with Gasteiger partial charge < -0.3 is 15.4 Å². The molecular formula is C21H23F3N2O3. The lowest BCUT2D eigenvalue weighted by atomic mass is 10.0. The standard InChI is InChI=1S/C21H23F3N2O3/c1-14(2)12-18(27)26-19(15-6-4-3-5-7-15)20(28)25-16-8-10-17(11-9-16)29-13-21(22,23)24/h3-11,14,19H,12-13H2,1-2H3,(H,25,28)(H,26,27). The highest BCUT2D eigenvalue weighted by atomic mass is 19.4.